The third-order valence-corrected chi connectivity index (χ3v) is 7.99. The summed E-state index contributed by atoms with van der Waals surface area (Å²) < 4.78 is 122. The number of hydrogen-bond donors (Lipinski definition) is 5. The third-order valence-electron chi connectivity index (χ3n) is 6.98. The number of likely N-dealkylation sites (tertiary alicyclic amines) is 1. The average Bonchev–Trinajstić information content (AvgIpc) is 3.40. The number of hydrogen-bond acceptors (Lipinski definition) is 9. The lowest BCUT2D eigenvalue weighted by Gasteiger charge is -2.31. The number of nitrogens with one attached hydrogen (secondary N) is 1. The highest BCUT2D eigenvalue weighted by molar-refractivity contribution is 7.90. The summed E-state index contributed by atoms with van der Waals surface area (Å²) in [7, 11) is -3.48. The highest BCUT2D eigenvalue weighted by Gasteiger charge is 2.39. The Labute approximate surface area is 288 Å². The summed E-state index contributed by atoms with van der Waals surface area (Å²) in [5, 5.41) is 39.0. The van der Waals surface area contributed by atoms with Gasteiger partial charge in [0.2, 0.25) is 0 Å². The van der Waals surface area contributed by atoms with Gasteiger partial charge < -0.3 is 25.7 Å². The van der Waals surface area contributed by atoms with Crippen LogP contribution in [0.25, 0.3) is 17.0 Å². The fourth-order valence-electron chi connectivity index (χ4n) is 4.58. The van der Waals surface area contributed by atoms with E-state index in [0.29, 0.717) is 24.4 Å². The highest BCUT2D eigenvalue weighted by Crippen LogP contribution is 2.31. The standard InChI is InChI=1S/C22H30N4O4S.3C2HF3O2/c1-31(29,30)22-19-14-17(3-2-16-6-10-23-11-7-16)4-5-20(19)26(24-22)18-8-12-25(13-9-18)15-21(27)28;3*3-2(4,5)1(6)7/h2-5,14,16,18,23H,6-13,15H2,1H3,(H,27,28);3*(H,6,7)/b3-2+;;;. The van der Waals surface area contributed by atoms with Gasteiger partial charge in [-0.25, -0.2) is 22.8 Å². The van der Waals surface area contributed by atoms with Gasteiger partial charge in [-0.2, -0.15) is 44.6 Å². The fraction of sp³-hybridized carbons (Fsp3) is 0.536. The predicted octanol–water partition coefficient (Wildman–Crippen LogP) is 4.07. The summed E-state index contributed by atoms with van der Waals surface area (Å²) in [6.07, 6.45) is -6.02. The average molecular weight is 789 g/mol. The van der Waals surface area contributed by atoms with E-state index in [1.807, 2.05) is 27.8 Å². The molecule has 0 atom stereocenters. The number of allylic oxidation sites excluding steroid dienone is 1. The van der Waals surface area contributed by atoms with Gasteiger partial charge in [0, 0.05) is 24.7 Å². The van der Waals surface area contributed by atoms with Gasteiger partial charge in [0.05, 0.1) is 18.1 Å². The van der Waals surface area contributed by atoms with Crippen LogP contribution in [0.3, 0.4) is 0 Å². The Morgan fingerprint density at radius 3 is 1.65 bits per heavy atom. The summed E-state index contributed by atoms with van der Waals surface area (Å²) >= 11 is 0. The number of halogens is 9. The second kappa shape index (κ2) is 18.9. The van der Waals surface area contributed by atoms with Gasteiger partial charge >= 0.3 is 42.4 Å². The van der Waals surface area contributed by atoms with Gasteiger partial charge in [-0.1, -0.05) is 18.2 Å². The van der Waals surface area contributed by atoms with Crippen molar-refractivity contribution in [2.24, 2.45) is 5.92 Å². The number of rotatable bonds is 6. The second-order valence-corrected chi connectivity index (χ2v) is 13.0. The number of alkyl halides is 9. The summed E-state index contributed by atoms with van der Waals surface area (Å²) in [4.78, 5) is 39.6. The van der Waals surface area contributed by atoms with Crippen LogP contribution in [0.2, 0.25) is 0 Å². The van der Waals surface area contributed by atoms with Crippen molar-refractivity contribution >= 4 is 50.7 Å². The number of aromatic nitrogens is 2. The molecule has 14 nitrogen and oxygen atoms in total. The SMILES string of the molecule is CS(=O)(=O)c1nn(C2CCN(CC(=O)O)CC2)c2ccc(/C=C/C3CCNCC3)cc12.O=C(O)C(F)(F)F.O=C(O)C(F)(F)F.O=C(O)C(F)(F)F. The summed E-state index contributed by atoms with van der Waals surface area (Å²) in [6, 6.07) is 5.96. The van der Waals surface area contributed by atoms with E-state index >= 15 is 0 Å². The van der Waals surface area contributed by atoms with Crippen LogP contribution < -0.4 is 5.32 Å². The van der Waals surface area contributed by atoms with Crippen LogP contribution in [0.4, 0.5) is 39.5 Å². The van der Waals surface area contributed by atoms with Crippen molar-refractivity contribution in [1.29, 1.82) is 0 Å². The molecule has 2 aliphatic rings. The lowest BCUT2D eigenvalue weighted by Crippen LogP contribution is -2.38. The van der Waals surface area contributed by atoms with Gasteiger partial charge in [-0.05, 0) is 62.4 Å². The lowest BCUT2D eigenvalue weighted by molar-refractivity contribution is -0.193. The molecule has 1 aromatic carbocycles. The Morgan fingerprint density at radius 2 is 1.27 bits per heavy atom. The zero-order valence-electron chi connectivity index (χ0n) is 26.8. The fourth-order valence-corrected chi connectivity index (χ4v) is 5.38. The molecule has 0 unspecified atom stereocenters. The van der Waals surface area contributed by atoms with Crippen LogP contribution in [-0.4, -0.2) is 125 Å². The van der Waals surface area contributed by atoms with Crippen molar-refractivity contribution in [3.63, 3.8) is 0 Å². The van der Waals surface area contributed by atoms with Crippen LogP contribution in [0.15, 0.2) is 29.3 Å². The maximum atomic E-state index is 12.5. The van der Waals surface area contributed by atoms with Gasteiger partial charge in [-0.15, -0.1) is 0 Å². The number of benzene rings is 1. The largest absolute Gasteiger partial charge is 0.490 e. The molecule has 0 bridgehead atoms. The molecule has 2 fully saturated rings. The number of nitrogens with zero attached hydrogens (tertiary/aromatic N) is 3. The van der Waals surface area contributed by atoms with Crippen LogP contribution in [0.5, 0.6) is 0 Å². The van der Waals surface area contributed by atoms with Crippen molar-refractivity contribution in [3.8, 4) is 0 Å². The van der Waals surface area contributed by atoms with Gasteiger partial charge in [0.1, 0.15) is 0 Å². The first-order chi connectivity index (χ1) is 23.6. The molecule has 0 spiro atoms. The molecule has 2 aliphatic heterocycles. The molecular weight excluding hydrogens is 755 g/mol. The predicted molar refractivity (Wildman–Crippen MR) is 161 cm³/mol. The maximum Gasteiger partial charge on any atom is 0.490 e. The van der Waals surface area contributed by atoms with E-state index in [1.165, 1.54) is 6.26 Å². The Kier molecular flexibility index (Phi) is 16.5. The first-order valence-electron chi connectivity index (χ1n) is 14.6. The highest BCUT2D eigenvalue weighted by atomic mass is 32.2. The van der Waals surface area contributed by atoms with Gasteiger partial charge in [0.25, 0.3) is 0 Å². The molecule has 52 heavy (non-hydrogen) atoms. The molecule has 294 valence electrons. The smallest absolute Gasteiger partial charge is 0.480 e. The Morgan fingerprint density at radius 1 is 0.827 bits per heavy atom. The molecule has 0 aliphatic carbocycles. The zero-order valence-corrected chi connectivity index (χ0v) is 27.6. The molecule has 0 amide bonds. The second-order valence-electron chi connectivity index (χ2n) is 11.1. The van der Waals surface area contributed by atoms with E-state index < -0.39 is 52.2 Å². The molecule has 2 saturated heterocycles. The van der Waals surface area contributed by atoms with E-state index in [-0.39, 0.29) is 17.6 Å². The first-order valence-corrected chi connectivity index (χ1v) is 16.5. The summed E-state index contributed by atoms with van der Waals surface area (Å²) in [5.74, 6) is -8.55. The van der Waals surface area contributed by atoms with Crippen LogP contribution in [0.1, 0.15) is 37.3 Å². The van der Waals surface area contributed by atoms with E-state index in [1.54, 1.807) is 0 Å². The van der Waals surface area contributed by atoms with E-state index in [0.717, 1.165) is 49.9 Å². The molecule has 2 aromatic rings. The summed E-state index contributed by atoms with van der Waals surface area (Å²) in [5.41, 5.74) is 1.79. The minimum absolute atomic E-state index is 0.0356. The topological polar surface area (TPSA) is 216 Å². The molecular formula is C28H33F9N4O10S. The van der Waals surface area contributed by atoms with Crippen molar-refractivity contribution in [2.75, 3.05) is 39.0 Å². The number of carboxylic acids is 4. The molecule has 24 heteroatoms. The Balaban J connectivity index is 0.000000525. The van der Waals surface area contributed by atoms with E-state index in [9.17, 15) is 52.7 Å². The van der Waals surface area contributed by atoms with Gasteiger partial charge in [0.15, 0.2) is 14.9 Å². The number of aliphatic carboxylic acids is 4. The lowest BCUT2D eigenvalue weighted by atomic mass is 9.97. The third kappa shape index (κ3) is 15.8. The Hall–Kier alpha value is -4.45. The van der Waals surface area contributed by atoms with Gasteiger partial charge in [-0.3, -0.25) is 14.4 Å². The van der Waals surface area contributed by atoms with Crippen molar-refractivity contribution < 1.29 is 87.5 Å². The molecule has 3 heterocycles. The summed E-state index contributed by atoms with van der Waals surface area (Å²) in [6.45, 7) is 3.41. The number of sulfone groups is 1. The maximum absolute atomic E-state index is 12.5. The minimum Gasteiger partial charge on any atom is -0.480 e. The quantitative estimate of drug-likeness (QED) is 0.261. The van der Waals surface area contributed by atoms with E-state index in [4.69, 9.17) is 34.8 Å². The normalized spacial score (nSPS) is 16.5. The number of piperidine rings is 2. The molecule has 5 N–H and O–H groups in total. The molecule has 0 radical (unpaired) electrons. The number of carbonyl (C=O) groups is 4. The van der Waals surface area contributed by atoms with Crippen molar-refractivity contribution in [1.82, 2.24) is 20.0 Å². The first kappa shape index (κ1) is 45.6. The van der Waals surface area contributed by atoms with Crippen molar-refractivity contribution in [2.45, 2.75) is 55.3 Å². The van der Waals surface area contributed by atoms with Crippen molar-refractivity contribution in [3.05, 3.63) is 29.8 Å². The minimum atomic E-state index is -5.08. The molecule has 1 aromatic heterocycles. The zero-order chi connectivity index (χ0) is 40.2. The van der Waals surface area contributed by atoms with Crippen LogP contribution in [-0.2, 0) is 29.0 Å². The Bertz CT molecular complexity index is 1620. The van der Waals surface area contributed by atoms with E-state index in [2.05, 4.69) is 22.6 Å². The molecule has 4 rings (SSSR count). The monoisotopic (exact) mass is 788 g/mol. The number of fused-ring (bicyclic) bond motifs is 1. The number of carboxylic acid groups (broad SMARTS) is 4. The molecule has 0 saturated carbocycles. The van der Waals surface area contributed by atoms with Crippen LogP contribution in [0, 0.1) is 5.92 Å². The van der Waals surface area contributed by atoms with Crippen LogP contribution >= 0.6 is 0 Å².